The van der Waals surface area contributed by atoms with Gasteiger partial charge in [-0.05, 0) is 166 Å². The molecule has 2 atom stereocenters. The van der Waals surface area contributed by atoms with E-state index >= 15 is 0 Å². The van der Waals surface area contributed by atoms with Crippen LogP contribution in [0.1, 0.15) is 66.5 Å². The molecule has 4 aliphatic rings. The molecule has 0 aliphatic heterocycles. The lowest BCUT2D eigenvalue weighted by atomic mass is 9.43. The third-order valence-corrected chi connectivity index (χ3v) is 14.1. The summed E-state index contributed by atoms with van der Waals surface area (Å²) in [4.78, 5) is 0. The maximum atomic E-state index is 3.64. The molecule has 0 bridgehead atoms. The van der Waals surface area contributed by atoms with Crippen molar-refractivity contribution >= 4 is 65.4 Å². The van der Waals surface area contributed by atoms with Crippen LogP contribution in [0, 0.1) is 167 Å². The maximum absolute atomic E-state index is 3.64. The standard InChI is InChI=1S/C74H44/c1-71(2,3)61-49-67-63-45-25-21-41-57-37-17-13-33-53(57)29-9-11-31-55-35-15-19-39-59(55)43-23-27-47-65(63)69-51-62(72(4,5)6)52-70-66-48-28-24-44-60-40-20-16-36-56(60)32-12-10-30-54-34-14-18-38-58(54)42-22-26-46-64(66)68(50-61)73(67,7)74(69,70)8/h13-20,33-40,49-52H,1-8H3. The maximum Gasteiger partial charge on any atom is 0.0457 e. The quantitative estimate of drug-likeness (QED) is 0.142. The summed E-state index contributed by atoms with van der Waals surface area (Å²) >= 11 is 0. The molecule has 6 aromatic carbocycles. The summed E-state index contributed by atoms with van der Waals surface area (Å²) in [6.07, 6.45) is 9.33. The molecule has 0 aromatic heterocycles. The van der Waals surface area contributed by atoms with E-state index in [1.165, 1.54) is 0 Å². The number of benzene rings is 4. The summed E-state index contributed by atoms with van der Waals surface area (Å²) in [6, 6.07) is 110. The van der Waals surface area contributed by atoms with Gasteiger partial charge in [0.1, 0.15) is 0 Å². The lowest BCUT2D eigenvalue weighted by molar-refractivity contribution is 0.354. The minimum Gasteiger partial charge on any atom is -0.0609 e. The first-order valence-electron chi connectivity index (χ1n) is 24.4. The number of rotatable bonds is 0. The monoisotopic (exact) mass is 932 g/mol. The fourth-order valence-electron chi connectivity index (χ4n) is 9.83. The van der Waals surface area contributed by atoms with Gasteiger partial charge in [0.2, 0.25) is 0 Å². The summed E-state index contributed by atoms with van der Waals surface area (Å²) < 4.78 is 0. The fraction of sp³-hybridized carbons (Fsp3) is 0.162. The molecule has 6 aromatic rings. The average molecular weight is 933 g/mol. The Morgan fingerprint density at radius 1 is 0.284 bits per heavy atom. The smallest absolute Gasteiger partial charge is 0.0457 e. The second-order valence-electron chi connectivity index (χ2n) is 20.6. The van der Waals surface area contributed by atoms with Crippen molar-refractivity contribution in [2.24, 2.45) is 21.7 Å². The zero-order valence-electron chi connectivity index (χ0n) is 42.5. The minimum absolute atomic E-state index is 0.294. The van der Waals surface area contributed by atoms with E-state index in [0.717, 1.165) is 98.1 Å². The van der Waals surface area contributed by atoms with E-state index in [1.807, 2.05) is 97.1 Å². The molecule has 0 amide bonds. The summed E-state index contributed by atoms with van der Waals surface area (Å²) in [7, 11) is 0. The normalized spacial score (nSPS) is 16.5. The molecule has 0 saturated carbocycles. The number of hydrogen-bond donors (Lipinski definition) is 0. The van der Waals surface area contributed by atoms with E-state index in [2.05, 4.69) is 225 Å². The van der Waals surface area contributed by atoms with Gasteiger partial charge in [-0.15, -0.1) is 0 Å². The van der Waals surface area contributed by atoms with E-state index in [-0.39, 0.29) is 10.8 Å². The van der Waals surface area contributed by atoms with Crippen molar-refractivity contribution in [3.05, 3.63) is 300 Å². The molecule has 10 rings (SSSR count). The van der Waals surface area contributed by atoms with Crippen LogP contribution in [0.15, 0.2) is 133 Å². The molecule has 0 spiro atoms. The van der Waals surface area contributed by atoms with Crippen LogP contribution >= 0.6 is 0 Å². The Morgan fingerprint density at radius 2 is 0.500 bits per heavy atom. The molecular formula is C74H44. The molecule has 74 heavy (non-hydrogen) atoms. The third kappa shape index (κ3) is 8.83. The topological polar surface area (TPSA) is 0 Å². The van der Waals surface area contributed by atoms with Gasteiger partial charge in [0.15, 0.2) is 0 Å². The van der Waals surface area contributed by atoms with E-state index in [0.29, 0.717) is 0 Å². The van der Waals surface area contributed by atoms with Gasteiger partial charge in [-0.2, -0.15) is 0 Å². The lowest BCUT2D eigenvalue weighted by Crippen LogP contribution is -2.54. The van der Waals surface area contributed by atoms with Crippen LogP contribution in [0.5, 0.6) is 0 Å². The minimum atomic E-state index is -0.751. The van der Waals surface area contributed by atoms with Gasteiger partial charge in [-0.1, -0.05) is 201 Å². The van der Waals surface area contributed by atoms with Crippen molar-refractivity contribution in [1.82, 2.24) is 0 Å². The van der Waals surface area contributed by atoms with Crippen LogP contribution in [0.25, 0.3) is 65.4 Å². The summed E-state index contributed by atoms with van der Waals surface area (Å²) in [6.45, 7) is 18.1. The zero-order valence-corrected chi connectivity index (χ0v) is 42.5. The van der Waals surface area contributed by atoms with Gasteiger partial charge < -0.3 is 0 Å². The molecule has 2 unspecified atom stereocenters. The summed E-state index contributed by atoms with van der Waals surface area (Å²) in [5.41, 5.74) is 5.79. The van der Waals surface area contributed by atoms with Crippen LogP contribution in [0.2, 0.25) is 0 Å². The molecule has 0 N–H and O–H groups in total. The second-order valence-corrected chi connectivity index (χ2v) is 20.6. The molecular weight excluding hydrogens is 889 g/mol. The van der Waals surface area contributed by atoms with Crippen molar-refractivity contribution in [2.45, 2.75) is 55.4 Å². The third-order valence-electron chi connectivity index (χ3n) is 14.1. The highest BCUT2D eigenvalue weighted by atomic mass is 14.6. The molecule has 0 saturated heterocycles. The molecule has 340 valence electrons. The van der Waals surface area contributed by atoms with Crippen molar-refractivity contribution in [2.75, 3.05) is 0 Å². The fourth-order valence-corrected chi connectivity index (χ4v) is 9.83. The highest BCUT2D eigenvalue weighted by Gasteiger charge is 2.60. The molecule has 0 nitrogen and oxygen atoms in total. The molecule has 0 heteroatoms. The number of hydrogen-bond acceptors (Lipinski definition) is 0. The molecule has 0 heterocycles. The second kappa shape index (κ2) is 19.2. The largest absolute Gasteiger partial charge is 0.0609 e. The van der Waals surface area contributed by atoms with Gasteiger partial charge >= 0.3 is 0 Å². The van der Waals surface area contributed by atoms with Gasteiger partial charge in [-0.3, -0.25) is 0 Å². The van der Waals surface area contributed by atoms with E-state index < -0.39 is 10.8 Å². The Morgan fingerprint density at radius 3 is 0.730 bits per heavy atom. The van der Waals surface area contributed by atoms with Crippen molar-refractivity contribution in [3.8, 4) is 0 Å². The van der Waals surface area contributed by atoms with Crippen LogP contribution in [-0.4, -0.2) is 0 Å². The van der Waals surface area contributed by atoms with Crippen molar-refractivity contribution < 1.29 is 0 Å². The van der Waals surface area contributed by atoms with Gasteiger partial charge in [0.05, 0.1) is 0 Å². The lowest BCUT2D eigenvalue weighted by Gasteiger charge is -2.58. The van der Waals surface area contributed by atoms with E-state index in [9.17, 15) is 0 Å². The predicted molar refractivity (Wildman–Crippen MR) is 294 cm³/mol. The van der Waals surface area contributed by atoms with Gasteiger partial charge in [0.25, 0.3) is 0 Å². The van der Waals surface area contributed by atoms with Gasteiger partial charge in [0, 0.05) is 75.5 Å². The Hall–Kier alpha value is -10.2. The molecule has 0 radical (unpaired) electrons. The van der Waals surface area contributed by atoms with Crippen LogP contribution in [0.4, 0.5) is 0 Å². The first-order chi connectivity index (χ1) is 35.7. The Kier molecular flexibility index (Phi) is 12.3. The summed E-state index contributed by atoms with van der Waals surface area (Å²) in [5.74, 6) is 0. The zero-order chi connectivity index (χ0) is 51.5. The molecule has 4 aliphatic carbocycles. The highest BCUT2D eigenvalue weighted by molar-refractivity contribution is 6.06. The first kappa shape index (κ1) is 47.5. The van der Waals surface area contributed by atoms with Crippen LogP contribution in [-0.2, 0) is 0 Å². The Bertz CT molecular complexity index is 3690. The first-order valence-corrected chi connectivity index (χ1v) is 24.4. The van der Waals surface area contributed by atoms with Crippen LogP contribution < -0.4 is 10.4 Å². The highest BCUT2D eigenvalue weighted by Crippen LogP contribution is 2.70. The predicted octanol–water partition coefficient (Wildman–Crippen LogP) is 14.0. The Labute approximate surface area is 439 Å². The SMILES string of the molecule is CC(C)(C)C1=CC2=c3c#cc#cc4ccccc4c#cc#cc4ccccc4c#cc#cc3=C3C=C(C(C)(C)C)C=C4c5c#cc#cc6ccccc6c#cc#cc6ccccc6c#cc#cc5C(=C1)C2(C)C43C. The molecule has 0 fully saturated rings. The van der Waals surface area contributed by atoms with E-state index in [4.69, 9.17) is 0 Å². The van der Waals surface area contributed by atoms with Crippen molar-refractivity contribution in [1.29, 1.82) is 0 Å². The van der Waals surface area contributed by atoms with Crippen molar-refractivity contribution in [3.63, 3.8) is 0 Å². The van der Waals surface area contributed by atoms with Gasteiger partial charge in [-0.25, -0.2) is 0 Å². The number of fused-ring (bicyclic) bond motifs is 8. The summed E-state index contributed by atoms with van der Waals surface area (Å²) in [5, 5.41) is 7.71. The number of allylic oxidation sites excluding steroid dienone is 8. The average Bonchev–Trinajstić information content (AvgIpc) is 3.38. The Balaban J connectivity index is 1.40. The van der Waals surface area contributed by atoms with E-state index in [1.54, 1.807) is 0 Å². The van der Waals surface area contributed by atoms with Crippen LogP contribution in [0.3, 0.4) is 0 Å².